The van der Waals surface area contributed by atoms with Crippen molar-refractivity contribution in [3.63, 3.8) is 0 Å². The third-order valence-corrected chi connectivity index (χ3v) is 3.74. The van der Waals surface area contributed by atoms with Crippen LogP contribution in [0.3, 0.4) is 0 Å². The zero-order valence-electron chi connectivity index (χ0n) is 11.5. The highest BCUT2D eigenvalue weighted by Gasteiger charge is 2.16. The maximum Gasteiger partial charge on any atom is 0.241 e. The molecule has 0 spiro atoms. The van der Waals surface area contributed by atoms with Gasteiger partial charge in [0.25, 0.3) is 0 Å². The van der Waals surface area contributed by atoms with Crippen LogP contribution < -0.4 is 5.32 Å². The molecule has 1 aliphatic rings. The van der Waals surface area contributed by atoms with E-state index in [9.17, 15) is 4.39 Å². The quantitative estimate of drug-likeness (QED) is 0.943. The highest BCUT2D eigenvalue weighted by molar-refractivity contribution is 6.33. The van der Waals surface area contributed by atoms with Gasteiger partial charge in [0.05, 0.1) is 11.6 Å². The summed E-state index contributed by atoms with van der Waals surface area (Å²) in [7, 11) is 0. The molecule has 1 saturated heterocycles. The SMILES string of the molecule is Fc1ccc(-c2noc(CN3CCCNCC3)n2)c(Cl)c1. The number of hydrogen-bond donors (Lipinski definition) is 1. The molecular weight excluding hydrogens is 295 g/mol. The summed E-state index contributed by atoms with van der Waals surface area (Å²) < 4.78 is 18.3. The molecule has 1 fully saturated rings. The minimum Gasteiger partial charge on any atom is -0.338 e. The zero-order chi connectivity index (χ0) is 14.7. The highest BCUT2D eigenvalue weighted by Crippen LogP contribution is 2.26. The molecule has 0 saturated carbocycles. The summed E-state index contributed by atoms with van der Waals surface area (Å²) in [5, 5.41) is 7.56. The minimum absolute atomic E-state index is 0.279. The Morgan fingerprint density at radius 1 is 1.33 bits per heavy atom. The monoisotopic (exact) mass is 310 g/mol. The average molecular weight is 311 g/mol. The van der Waals surface area contributed by atoms with Crippen LogP contribution in [-0.2, 0) is 6.54 Å². The lowest BCUT2D eigenvalue weighted by Gasteiger charge is -2.16. The van der Waals surface area contributed by atoms with Crippen LogP contribution in [0.2, 0.25) is 5.02 Å². The lowest BCUT2D eigenvalue weighted by Crippen LogP contribution is -2.27. The molecule has 1 N–H and O–H groups in total. The van der Waals surface area contributed by atoms with E-state index >= 15 is 0 Å². The van der Waals surface area contributed by atoms with Gasteiger partial charge in [-0.25, -0.2) is 4.39 Å². The molecule has 2 heterocycles. The van der Waals surface area contributed by atoms with Gasteiger partial charge in [0.15, 0.2) is 0 Å². The van der Waals surface area contributed by atoms with Crippen LogP contribution in [0, 0.1) is 5.82 Å². The van der Waals surface area contributed by atoms with E-state index in [0.717, 1.165) is 32.6 Å². The van der Waals surface area contributed by atoms with Gasteiger partial charge in [-0.2, -0.15) is 4.98 Å². The number of benzene rings is 1. The first-order chi connectivity index (χ1) is 10.2. The molecule has 0 unspecified atom stereocenters. The van der Waals surface area contributed by atoms with Gasteiger partial charge in [0.1, 0.15) is 5.82 Å². The Balaban J connectivity index is 1.73. The number of aromatic nitrogens is 2. The van der Waals surface area contributed by atoms with Crippen LogP contribution in [0.1, 0.15) is 12.3 Å². The van der Waals surface area contributed by atoms with E-state index in [-0.39, 0.29) is 10.8 Å². The Labute approximate surface area is 127 Å². The molecule has 3 rings (SSSR count). The first kappa shape index (κ1) is 14.4. The van der Waals surface area contributed by atoms with Gasteiger partial charge in [-0.05, 0) is 37.7 Å². The summed E-state index contributed by atoms with van der Waals surface area (Å²) in [6, 6.07) is 4.13. The molecule has 7 heteroatoms. The second-order valence-corrected chi connectivity index (χ2v) is 5.42. The summed E-state index contributed by atoms with van der Waals surface area (Å²) in [6.07, 6.45) is 1.10. The molecule has 21 heavy (non-hydrogen) atoms. The average Bonchev–Trinajstić information content (AvgIpc) is 2.75. The molecule has 0 atom stereocenters. The van der Waals surface area contributed by atoms with Gasteiger partial charge in [-0.3, -0.25) is 4.90 Å². The highest BCUT2D eigenvalue weighted by atomic mass is 35.5. The maximum atomic E-state index is 13.1. The van der Waals surface area contributed by atoms with Gasteiger partial charge in [-0.15, -0.1) is 0 Å². The van der Waals surface area contributed by atoms with Crippen molar-refractivity contribution in [2.24, 2.45) is 0 Å². The van der Waals surface area contributed by atoms with Gasteiger partial charge in [-0.1, -0.05) is 16.8 Å². The molecule has 0 aliphatic carbocycles. The topological polar surface area (TPSA) is 54.2 Å². The predicted molar refractivity (Wildman–Crippen MR) is 77.5 cm³/mol. The smallest absolute Gasteiger partial charge is 0.241 e. The number of nitrogens with one attached hydrogen (secondary N) is 1. The van der Waals surface area contributed by atoms with Gasteiger partial charge >= 0.3 is 0 Å². The van der Waals surface area contributed by atoms with E-state index < -0.39 is 0 Å². The van der Waals surface area contributed by atoms with Crippen molar-refractivity contribution >= 4 is 11.6 Å². The van der Waals surface area contributed by atoms with Crippen LogP contribution in [0.25, 0.3) is 11.4 Å². The van der Waals surface area contributed by atoms with Crippen molar-refractivity contribution < 1.29 is 8.91 Å². The largest absolute Gasteiger partial charge is 0.338 e. The molecule has 0 bridgehead atoms. The van der Waals surface area contributed by atoms with E-state index in [1.54, 1.807) is 6.07 Å². The molecule has 1 aliphatic heterocycles. The molecule has 1 aromatic heterocycles. The van der Waals surface area contributed by atoms with Crippen molar-refractivity contribution in [1.82, 2.24) is 20.4 Å². The Hall–Kier alpha value is -1.50. The molecule has 2 aromatic rings. The minimum atomic E-state index is -0.385. The number of rotatable bonds is 3. The third-order valence-electron chi connectivity index (χ3n) is 3.43. The fourth-order valence-electron chi connectivity index (χ4n) is 2.35. The first-order valence-corrected chi connectivity index (χ1v) is 7.31. The lowest BCUT2D eigenvalue weighted by molar-refractivity contribution is 0.239. The summed E-state index contributed by atoms with van der Waals surface area (Å²) in [6.45, 7) is 4.58. The van der Waals surface area contributed by atoms with E-state index in [1.807, 2.05) is 0 Å². The molecular formula is C14H16ClFN4O. The van der Waals surface area contributed by atoms with Crippen molar-refractivity contribution in [3.8, 4) is 11.4 Å². The van der Waals surface area contributed by atoms with Crippen LogP contribution in [0.4, 0.5) is 4.39 Å². The first-order valence-electron chi connectivity index (χ1n) is 6.93. The van der Waals surface area contributed by atoms with Gasteiger partial charge in [0.2, 0.25) is 11.7 Å². The van der Waals surface area contributed by atoms with E-state index in [4.69, 9.17) is 16.1 Å². The summed E-state index contributed by atoms with van der Waals surface area (Å²) in [5.41, 5.74) is 0.575. The van der Waals surface area contributed by atoms with Crippen molar-refractivity contribution in [3.05, 3.63) is 34.9 Å². The fraction of sp³-hybridized carbons (Fsp3) is 0.429. The van der Waals surface area contributed by atoms with Crippen molar-refractivity contribution in [1.29, 1.82) is 0 Å². The van der Waals surface area contributed by atoms with Crippen LogP contribution in [-0.4, -0.2) is 41.2 Å². The number of nitrogens with zero attached hydrogens (tertiary/aromatic N) is 3. The van der Waals surface area contributed by atoms with Crippen LogP contribution in [0.5, 0.6) is 0 Å². The molecule has 1 aromatic carbocycles. The summed E-state index contributed by atoms with van der Waals surface area (Å²) in [4.78, 5) is 6.62. The Bertz CT molecular complexity index is 611. The van der Waals surface area contributed by atoms with Gasteiger partial charge in [0, 0.05) is 18.7 Å². The normalized spacial score (nSPS) is 16.9. The Kier molecular flexibility index (Phi) is 4.48. The fourth-order valence-corrected chi connectivity index (χ4v) is 2.60. The standard InChI is InChI=1S/C14H16ClFN4O/c15-12-8-10(16)2-3-11(12)14-18-13(21-19-14)9-20-6-1-4-17-5-7-20/h2-3,8,17H,1,4-7,9H2. The van der Waals surface area contributed by atoms with E-state index in [2.05, 4.69) is 20.4 Å². The predicted octanol–water partition coefficient (Wildman–Crippen LogP) is 2.32. The van der Waals surface area contributed by atoms with Gasteiger partial charge < -0.3 is 9.84 Å². The van der Waals surface area contributed by atoms with E-state index in [0.29, 0.717) is 23.8 Å². The molecule has 0 amide bonds. The number of hydrogen-bond acceptors (Lipinski definition) is 5. The van der Waals surface area contributed by atoms with Crippen LogP contribution >= 0.6 is 11.6 Å². The second kappa shape index (κ2) is 6.51. The number of halogens is 2. The maximum absolute atomic E-state index is 13.1. The summed E-state index contributed by atoms with van der Waals surface area (Å²) >= 11 is 6.01. The summed E-state index contributed by atoms with van der Waals surface area (Å²) in [5.74, 6) is 0.555. The molecule has 0 radical (unpaired) electrons. The Morgan fingerprint density at radius 2 is 2.24 bits per heavy atom. The zero-order valence-corrected chi connectivity index (χ0v) is 12.2. The Morgan fingerprint density at radius 3 is 3.10 bits per heavy atom. The third kappa shape index (κ3) is 3.58. The lowest BCUT2D eigenvalue weighted by atomic mass is 10.2. The van der Waals surface area contributed by atoms with Crippen molar-refractivity contribution in [2.75, 3.05) is 26.2 Å². The molecule has 5 nitrogen and oxygen atoms in total. The van der Waals surface area contributed by atoms with Crippen molar-refractivity contribution in [2.45, 2.75) is 13.0 Å². The van der Waals surface area contributed by atoms with E-state index in [1.165, 1.54) is 12.1 Å². The second-order valence-electron chi connectivity index (χ2n) is 5.02. The van der Waals surface area contributed by atoms with Crippen LogP contribution in [0.15, 0.2) is 22.7 Å². The molecule has 112 valence electrons.